The summed E-state index contributed by atoms with van der Waals surface area (Å²) in [6.45, 7) is 6.65. The summed E-state index contributed by atoms with van der Waals surface area (Å²) in [5.41, 5.74) is 3.65. The summed E-state index contributed by atoms with van der Waals surface area (Å²) in [5, 5.41) is 0.900. The highest BCUT2D eigenvalue weighted by Crippen LogP contribution is 2.42. The van der Waals surface area contributed by atoms with Crippen LogP contribution in [0, 0.1) is 0 Å². The molecule has 0 bridgehead atoms. The second-order valence-corrected chi connectivity index (χ2v) is 12.4. The molecule has 1 saturated heterocycles. The molecule has 0 N–H and O–H groups in total. The predicted octanol–water partition coefficient (Wildman–Crippen LogP) is 5.26. The van der Waals surface area contributed by atoms with Gasteiger partial charge in [-0.05, 0) is 81.0 Å². The van der Waals surface area contributed by atoms with Crippen LogP contribution in [0.15, 0.2) is 41.3 Å². The summed E-state index contributed by atoms with van der Waals surface area (Å²) >= 11 is 0. The average molecular weight is 613 g/mol. The van der Waals surface area contributed by atoms with Crippen LogP contribution < -0.4 is 10.3 Å². The van der Waals surface area contributed by atoms with E-state index in [4.69, 9.17) is 19.2 Å². The van der Waals surface area contributed by atoms with Crippen molar-refractivity contribution >= 4 is 23.0 Å². The van der Waals surface area contributed by atoms with Crippen LogP contribution in [0.5, 0.6) is 5.75 Å². The number of benzene rings is 1. The van der Waals surface area contributed by atoms with Gasteiger partial charge in [-0.1, -0.05) is 19.9 Å². The van der Waals surface area contributed by atoms with Crippen LogP contribution in [0.4, 0.5) is 4.79 Å². The molecule has 0 radical (unpaired) electrons. The molecule has 1 atom stereocenters. The number of amides is 1. The Bertz CT molecular complexity index is 1770. The van der Waals surface area contributed by atoms with Gasteiger partial charge in [0.15, 0.2) is 5.60 Å². The van der Waals surface area contributed by atoms with Gasteiger partial charge in [-0.25, -0.2) is 14.6 Å². The van der Waals surface area contributed by atoms with Gasteiger partial charge in [-0.2, -0.15) is 0 Å². The Kier molecular flexibility index (Phi) is 7.63. The van der Waals surface area contributed by atoms with Gasteiger partial charge in [0.05, 0.1) is 29.0 Å². The molecule has 4 aliphatic rings. The number of likely N-dealkylation sites (tertiary alicyclic amines) is 1. The first-order chi connectivity index (χ1) is 21.9. The Morgan fingerprint density at radius 1 is 1.09 bits per heavy atom. The van der Waals surface area contributed by atoms with Crippen molar-refractivity contribution < 1.29 is 23.8 Å². The van der Waals surface area contributed by atoms with Crippen LogP contribution in [-0.4, -0.2) is 64.2 Å². The van der Waals surface area contributed by atoms with Crippen LogP contribution in [0.3, 0.4) is 0 Å². The number of aromatic nitrogens is 2. The number of pyridine rings is 2. The van der Waals surface area contributed by atoms with E-state index in [2.05, 4.69) is 24.1 Å². The van der Waals surface area contributed by atoms with E-state index in [0.29, 0.717) is 61.1 Å². The fourth-order valence-electron chi connectivity index (χ4n) is 7.63. The zero-order valence-corrected chi connectivity index (χ0v) is 26.3. The Balaban J connectivity index is 1.16. The van der Waals surface area contributed by atoms with E-state index in [-0.39, 0.29) is 18.3 Å². The number of ether oxygens (including phenoxy) is 3. The molecule has 0 saturated carbocycles. The molecule has 45 heavy (non-hydrogen) atoms. The maximum Gasteiger partial charge on any atom is 0.415 e. The van der Waals surface area contributed by atoms with Gasteiger partial charge in [0, 0.05) is 49.3 Å². The lowest BCUT2D eigenvalue weighted by molar-refractivity contribution is -0.176. The fourth-order valence-corrected chi connectivity index (χ4v) is 7.63. The van der Waals surface area contributed by atoms with E-state index < -0.39 is 11.6 Å². The number of methoxy groups -OCH3 is 1. The van der Waals surface area contributed by atoms with Gasteiger partial charge >= 0.3 is 12.1 Å². The maximum atomic E-state index is 13.8. The minimum absolute atomic E-state index is 0.0769. The molecule has 0 unspecified atom stereocenters. The molecule has 236 valence electrons. The Morgan fingerprint density at radius 2 is 1.91 bits per heavy atom. The predicted molar refractivity (Wildman–Crippen MR) is 169 cm³/mol. The summed E-state index contributed by atoms with van der Waals surface area (Å²) in [7, 11) is 1.47. The largest absolute Gasteiger partial charge is 0.458 e. The van der Waals surface area contributed by atoms with Crippen LogP contribution in [0.2, 0.25) is 0 Å². The minimum Gasteiger partial charge on any atom is -0.458 e. The first-order valence-electron chi connectivity index (χ1n) is 16.2. The van der Waals surface area contributed by atoms with Gasteiger partial charge in [0.1, 0.15) is 12.4 Å². The molecule has 1 aromatic carbocycles. The number of cyclic esters (lactones) is 1. The third kappa shape index (κ3) is 4.81. The molecule has 10 nitrogen and oxygen atoms in total. The molecule has 1 amide bonds. The Hall–Kier alpha value is -4.18. The SMILES string of the molecule is CCc1c2c(nc3ccc(OC(=O)N4CCC(N5C=CCCCC5)CC4)cc13)-c1cc3c(c(=O)n1C2)COC(=O)[C@@]3(CC)OC. The van der Waals surface area contributed by atoms with Crippen molar-refractivity contribution in [2.45, 2.75) is 83.6 Å². The fraction of sp³-hybridized carbons (Fsp3) is 0.486. The number of allylic oxidation sites excluding steroid dienone is 1. The van der Waals surface area contributed by atoms with Crippen molar-refractivity contribution in [3.8, 4) is 17.1 Å². The first-order valence-corrected chi connectivity index (χ1v) is 16.2. The van der Waals surface area contributed by atoms with Crippen LogP contribution >= 0.6 is 0 Å². The summed E-state index contributed by atoms with van der Waals surface area (Å²) < 4.78 is 18.8. The smallest absolute Gasteiger partial charge is 0.415 e. The number of aryl methyl sites for hydroxylation is 1. The van der Waals surface area contributed by atoms with E-state index in [1.807, 2.05) is 25.1 Å². The highest BCUT2D eigenvalue weighted by Gasteiger charge is 2.47. The van der Waals surface area contributed by atoms with Crippen LogP contribution in [-0.2, 0) is 39.4 Å². The molecular weight excluding hydrogens is 572 g/mol. The second-order valence-electron chi connectivity index (χ2n) is 12.4. The number of fused-ring (bicyclic) bond motifs is 5. The van der Waals surface area contributed by atoms with Gasteiger partial charge in [0.25, 0.3) is 5.56 Å². The molecule has 2 aromatic heterocycles. The lowest BCUT2D eigenvalue weighted by Gasteiger charge is -2.37. The Labute approximate surface area is 262 Å². The van der Waals surface area contributed by atoms with Gasteiger partial charge in [-0.15, -0.1) is 0 Å². The zero-order chi connectivity index (χ0) is 31.3. The summed E-state index contributed by atoms with van der Waals surface area (Å²) in [6.07, 6.45) is 10.7. The molecule has 0 aliphatic carbocycles. The molecule has 3 aromatic rings. The number of hydrogen-bond donors (Lipinski definition) is 0. The molecule has 10 heteroatoms. The van der Waals surface area contributed by atoms with E-state index in [1.165, 1.54) is 20.0 Å². The molecule has 0 spiro atoms. The van der Waals surface area contributed by atoms with E-state index in [0.717, 1.165) is 53.5 Å². The second kappa shape index (κ2) is 11.6. The van der Waals surface area contributed by atoms with E-state index in [9.17, 15) is 14.4 Å². The number of nitrogens with zero attached hydrogens (tertiary/aromatic N) is 4. The normalized spacial score (nSPS) is 21.3. The summed E-state index contributed by atoms with van der Waals surface area (Å²) in [4.78, 5) is 49.1. The highest BCUT2D eigenvalue weighted by atomic mass is 16.6. The zero-order valence-electron chi connectivity index (χ0n) is 26.3. The highest BCUT2D eigenvalue weighted by molar-refractivity contribution is 5.90. The van der Waals surface area contributed by atoms with E-state index >= 15 is 0 Å². The monoisotopic (exact) mass is 612 g/mol. The molecule has 4 aliphatic heterocycles. The van der Waals surface area contributed by atoms with Crippen molar-refractivity contribution in [3.63, 3.8) is 0 Å². The van der Waals surface area contributed by atoms with Crippen molar-refractivity contribution in [1.82, 2.24) is 19.4 Å². The van der Waals surface area contributed by atoms with Crippen LogP contribution in [0.1, 0.15) is 74.6 Å². The number of hydrogen-bond acceptors (Lipinski definition) is 8. The average Bonchev–Trinajstić information content (AvgIpc) is 3.22. The summed E-state index contributed by atoms with van der Waals surface area (Å²) in [6, 6.07) is 7.90. The number of carbonyl (C=O) groups is 2. The third-order valence-electron chi connectivity index (χ3n) is 10.2. The van der Waals surface area contributed by atoms with Crippen molar-refractivity contribution in [1.29, 1.82) is 0 Å². The third-order valence-corrected chi connectivity index (χ3v) is 10.2. The molecule has 7 rings (SSSR count). The van der Waals surface area contributed by atoms with Crippen molar-refractivity contribution in [2.24, 2.45) is 0 Å². The van der Waals surface area contributed by atoms with Crippen molar-refractivity contribution in [3.05, 3.63) is 69.1 Å². The molecular formula is C35H40N4O6. The molecule has 6 heterocycles. The number of rotatable bonds is 5. The number of piperidine rings is 1. The van der Waals surface area contributed by atoms with Crippen molar-refractivity contribution in [2.75, 3.05) is 26.7 Å². The quantitative estimate of drug-likeness (QED) is 0.281. The first kappa shape index (κ1) is 29.5. The molecule has 1 fully saturated rings. The number of esters is 1. The number of carbonyl (C=O) groups excluding carboxylic acids is 2. The van der Waals surface area contributed by atoms with Crippen LogP contribution in [0.25, 0.3) is 22.3 Å². The van der Waals surface area contributed by atoms with E-state index in [1.54, 1.807) is 15.5 Å². The maximum absolute atomic E-state index is 13.8. The summed E-state index contributed by atoms with van der Waals surface area (Å²) in [5.74, 6) is -0.00236. The standard InChI is InChI=1S/C35H40N4O6/c1-4-24-25-18-23(45-34(42)38-16-12-22(13-17-38)37-14-8-6-7-9-15-37)10-11-29(25)36-31-26(24)20-39-30(31)19-28-27(32(39)40)21-44-33(41)35(28,5-2)43-3/h8,10-11,14,18-19,22H,4-7,9,12-13,15-17,20-21H2,1-3H3/t35-/m0/s1. The van der Waals surface area contributed by atoms with Gasteiger partial charge in [0.2, 0.25) is 0 Å². The Morgan fingerprint density at radius 3 is 2.67 bits per heavy atom. The topological polar surface area (TPSA) is 103 Å². The van der Waals surface area contributed by atoms with Gasteiger partial charge in [-0.3, -0.25) is 4.79 Å². The minimum atomic E-state index is -1.33. The lowest BCUT2D eigenvalue weighted by atomic mass is 9.85. The van der Waals surface area contributed by atoms with Gasteiger partial charge < -0.3 is 28.6 Å². The lowest BCUT2D eigenvalue weighted by Crippen LogP contribution is -2.46.